The Morgan fingerprint density at radius 1 is 1.50 bits per heavy atom. The average Bonchev–Trinajstić information content (AvgIpc) is 2.76. The van der Waals surface area contributed by atoms with Gasteiger partial charge in [-0.15, -0.1) is 0 Å². The number of nitrogens with one attached hydrogen (secondary N) is 1. The van der Waals surface area contributed by atoms with Crippen LogP contribution in [0, 0.1) is 0 Å². The highest BCUT2D eigenvalue weighted by atomic mass is 16.5. The van der Waals surface area contributed by atoms with Crippen LogP contribution in [0.5, 0.6) is 0 Å². The lowest BCUT2D eigenvalue weighted by atomic mass is 10.1. The Morgan fingerprint density at radius 3 is 2.75 bits per heavy atom. The van der Waals surface area contributed by atoms with Crippen molar-refractivity contribution in [3.8, 4) is 0 Å². The van der Waals surface area contributed by atoms with Gasteiger partial charge in [-0.05, 0) is 19.3 Å². The van der Waals surface area contributed by atoms with Crippen LogP contribution < -0.4 is 5.32 Å². The number of hydrogen-bond donors (Lipinski definition) is 2. The van der Waals surface area contributed by atoms with E-state index in [9.17, 15) is 9.59 Å². The monoisotopic (exact) mass is 229 g/mol. The molecule has 1 rings (SSSR count). The van der Waals surface area contributed by atoms with Gasteiger partial charge in [0.1, 0.15) is 0 Å². The van der Waals surface area contributed by atoms with Crippen LogP contribution in [0.2, 0.25) is 0 Å². The van der Waals surface area contributed by atoms with E-state index in [4.69, 9.17) is 9.84 Å². The molecule has 0 aliphatic carbocycles. The van der Waals surface area contributed by atoms with E-state index in [1.54, 1.807) is 0 Å². The molecule has 1 saturated heterocycles. The summed E-state index contributed by atoms with van der Waals surface area (Å²) in [4.78, 5) is 21.8. The standard InChI is InChI=1S/C11H19NO4/c1-2-8(9-4-3-7-16-9)12-10(13)5-6-11(14)15/h8-9H,2-7H2,1H3,(H,12,13)(H,14,15). The number of carboxylic acids is 1. The van der Waals surface area contributed by atoms with Gasteiger partial charge in [0.2, 0.25) is 5.91 Å². The van der Waals surface area contributed by atoms with Crippen molar-refractivity contribution >= 4 is 11.9 Å². The van der Waals surface area contributed by atoms with Crippen LogP contribution in [-0.2, 0) is 14.3 Å². The fourth-order valence-electron chi connectivity index (χ4n) is 1.88. The van der Waals surface area contributed by atoms with E-state index in [2.05, 4.69) is 5.32 Å². The third-order valence-electron chi connectivity index (χ3n) is 2.77. The highest BCUT2D eigenvalue weighted by Crippen LogP contribution is 2.17. The maximum Gasteiger partial charge on any atom is 0.303 e. The lowest BCUT2D eigenvalue weighted by molar-refractivity contribution is -0.139. The first-order chi connectivity index (χ1) is 7.63. The Morgan fingerprint density at radius 2 is 2.25 bits per heavy atom. The van der Waals surface area contributed by atoms with E-state index in [-0.39, 0.29) is 30.9 Å². The second-order valence-electron chi connectivity index (χ2n) is 4.03. The highest BCUT2D eigenvalue weighted by molar-refractivity contribution is 5.80. The lowest BCUT2D eigenvalue weighted by Gasteiger charge is -2.22. The summed E-state index contributed by atoms with van der Waals surface area (Å²) >= 11 is 0. The second kappa shape index (κ2) is 6.48. The van der Waals surface area contributed by atoms with Gasteiger partial charge in [0.05, 0.1) is 18.6 Å². The smallest absolute Gasteiger partial charge is 0.303 e. The summed E-state index contributed by atoms with van der Waals surface area (Å²) in [6.45, 7) is 2.75. The predicted octanol–water partition coefficient (Wildman–Crippen LogP) is 0.925. The molecule has 2 N–H and O–H groups in total. The number of hydrogen-bond acceptors (Lipinski definition) is 3. The van der Waals surface area contributed by atoms with Crippen LogP contribution >= 0.6 is 0 Å². The van der Waals surface area contributed by atoms with Gasteiger partial charge in [-0.1, -0.05) is 6.92 Å². The fourth-order valence-corrected chi connectivity index (χ4v) is 1.88. The molecular formula is C11H19NO4. The minimum absolute atomic E-state index is 0.0174. The molecule has 1 amide bonds. The quantitative estimate of drug-likeness (QED) is 0.710. The first-order valence-electron chi connectivity index (χ1n) is 5.76. The third-order valence-corrected chi connectivity index (χ3v) is 2.77. The van der Waals surface area contributed by atoms with E-state index in [0.717, 1.165) is 25.9 Å². The fraction of sp³-hybridized carbons (Fsp3) is 0.818. The molecule has 0 saturated carbocycles. The Labute approximate surface area is 95.2 Å². The predicted molar refractivity (Wildman–Crippen MR) is 58.1 cm³/mol. The molecule has 1 aliphatic rings. The Hall–Kier alpha value is -1.10. The van der Waals surface area contributed by atoms with Crippen molar-refractivity contribution in [3.63, 3.8) is 0 Å². The van der Waals surface area contributed by atoms with Crippen LogP contribution in [0.25, 0.3) is 0 Å². The summed E-state index contributed by atoms with van der Waals surface area (Å²) < 4.78 is 5.50. The van der Waals surface area contributed by atoms with Gasteiger partial charge in [-0.3, -0.25) is 9.59 Å². The number of amides is 1. The molecule has 16 heavy (non-hydrogen) atoms. The number of carbonyl (C=O) groups is 2. The van der Waals surface area contributed by atoms with Crippen LogP contribution in [0.3, 0.4) is 0 Å². The van der Waals surface area contributed by atoms with Crippen molar-refractivity contribution in [1.82, 2.24) is 5.32 Å². The molecular weight excluding hydrogens is 210 g/mol. The van der Waals surface area contributed by atoms with E-state index >= 15 is 0 Å². The van der Waals surface area contributed by atoms with Gasteiger partial charge in [-0.25, -0.2) is 0 Å². The normalized spacial score (nSPS) is 21.7. The van der Waals surface area contributed by atoms with E-state index in [1.165, 1.54) is 0 Å². The first-order valence-corrected chi connectivity index (χ1v) is 5.76. The van der Waals surface area contributed by atoms with Crippen LogP contribution in [0.15, 0.2) is 0 Å². The minimum Gasteiger partial charge on any atom is -0.481 e. The van der Waals surface area contributed by atoms with Crippen molar-refractivity contribution in [2.24, 2.45) is 0 Å². The topological polar surface area (TPSA) is 75.6 Å². The maximum absolute atomic E-state index is 11.4. The molecule has 0 spiro atoms. The summed E-state index contributed by atoms with van der Waals surface area (Å²) in [7, 11) is 0. The number of ether oxygens (including phenoxy) is 1. The van der Waals surface area contributed by atoms with Gasteiger partial charge in [0.25, 0.3) is 0 Å². The zero-order chi connectivity index (χ0) is 12.0. The van der Waals surface area contributed by atoms with Crippen molar-refractivity contribution in [2.75, 3.05) is 6.61 Å². The van der Waals surface area contributed by atoms with Gasteiger partial charge in [-0.2, -0.15) is 0 Å². The van der Waals surface area contributed by atoms with Crippen LogP contribution in [0.1, 0.15) is 39.0 Å². The Bertz CT molecular complexity index is 248. The van der Waals surface area contributed by atoms with Crippen molar-refractivity contribution < 1.29 is 19.4 Å². The number of carbonyl (C=O) groups excluding carboxylic acids is 1. The second-order valence-corrected chi connectivity index (χ2v) is 4.03. The molecule has 1 heterocycles. The lowest BCUT2D eigenvalue weighted by Crippen LogP contribution is -2.42. The molecule has 0 aromatic rings. The summed E-state index contributed by atoms with van der Waals surface area (Å²) in [5.74, 6) is -1.15. The van der Waals surface area contributed by atoms with Gasteiger partial charge >= 0.3 is 5.97 Å². The maximum atomic E-state index is 11.4. The summed E-state index contributed by atoms with van der Waals surface area (Å²) in [5.41, 5.74) is 0. The largest absolute Gasteiger partial charge is 0.481 e. The first kappa shape index (κ1) is 13.0. The zero-order valence-electron chi connectivity index (χ0n) is 9.57. The molecule has 5 heteroatoms. The van der Waals surface area contributed by atoms with E-state index in [1.807, 2.05) is 6.92 Å². The highest BCUT2D eigenvalue weighted by Gasteiger charge is 2.25. The Balaban J connectivity index is 2.31. The molecule has 5 nitrogen and oxygen atoms in total. The molecule has 0 aromatic carbocycles. The molecule has 0 aromatic heterocycles. The average molecular weight is 229 g/mol. The van der Waals surface area contributed by atoms with Gasteiger partial charge in [0.15, 0.2) is 0 Å². The SMILES string of the molecule is CCC(NC(=O)CCC(=O)O)C1CCCO1. The Kier molecular flexibility index (Phi) is 5.25. The van der Waals surface area contributed by atoms with Crippen molar-refractivity contribution in [1.29, 1.82) is 0 Å². The zero-order valence-corrected chi connectivity index (χ0v) is 9.57. The van der Waals surface area contributed by atoms with E-state index < -0.39 is 5.97 Å². The number of carboxylic acid groups (broad SMARTS) is 1. The molecule has 2 atom stereocenters. The molecule has 2 unspecified atom stereocenters. The van der Waals surface area contributed by atoms with Crippen molar-refractivity contribution in [2.45, 2.75) is 51.2 Å². The summed E-state index contributed by atoms with van der Waals surface area (Å²) in [6, 6.07) is 0.0174. The van der Waals surface area contributed by atoms with Crippen LogP contribution in [0.4, 0.5) is 0 Å². The minimum atomic E-state index is -0.944. The van der Waals surface area contributed by atoms with Crippen molar-refractivity contribution in [3.05, 3.63) is 0 Å². The molecule has 0 bridgehead atoms. The molecule has 0 radical (unpaired) electrons. The number of rotatable bonds is 6. The summed E-state index contributed by atoms with van der Waals surface area (Å²) in [5, 5.41) is 11.3. The number of aliphatic carboxylic acids is 1. The van der Waals surface area contributed by atoms with Gasteiger partial charge < -0.3 is 15.2 Å². The third kappa shape index (κ3) is 4.18. The summed E-state index contributed by atoms with van der Waals surface area (Å²) in [6.07, 6.45) is 2.83. The van der Waals surface area contributed by atoms with E-state index in [0.29, 0.717) is 0 Å². The molecule has 92 valence electrons. The molecule has 1 fully saturated rings. The molecule has 1 aliphatic heterocycles. The van der Waals surface area contributed by atoms with Crippen LogP contribution in [-0.4, -0.2) is 35.7 Å². The van der Waals surface area contributed by atoms with Gasteiger partial charge in [0, 0.05) is 13.0 Å².